The largest absolute Gasteiger partial charge is 0.493 e. The zero-order valence-corrected chi connectivity index (χ0v) is 15.3. The molecule has 4 nitrogen and oxygen atoms in total. The Morgan fingerprint density at radius 3 is 2.96 bits per heavy atom. The van der Waals surface area contributed by atoms with Gasteiger partial charge in [-0.2, -0.15) is 0 Å². The molecule has 0 radical (unpaired) electrons. The third kappa shape index (κ3) is 3.31. The predicted octanol–water partition coefficient (Wildman–Crippen LogP) is 3.67. The van der Waals surface area contributed by atoms with Gasteiger partial charge in [0.1, 0.15) is 5.75 Å². The van der Waals surface area contributed by atoms with Crippen molar-refractivity contribution in [2.75, 3.05) is 13.2 Å². The van der Waals surface area contributed by atoms with Crippen LogP contribution in [0.25, 0.3) is 0 Å². The van der Waals surface area contributed by atoms with Gasteiger partial charge in [-0.25, -0.2) is 4.98 Å². The highest BCUT2D eigenvalue weighted by Gasteiger charge is 2.39. The van der Waals surface area contributed by atoms with E-state index >= 15 is 0 Å². The molecular formula is C19H24N2O2S. The van der Waals surface area contributed by atoms with E-state index < -0.39 is 5.41 Å². The molecule has 1 aliphatic heterocycles. The number of carbonyl (C=O) groups is 1. The predicted molar refractivity (Wildman–Crippen MR) is 96.8 cm³/mol. The summed E-state index contributed by atoms with van der Waals surface area (Å²) in [6, 6.07) is 7.82. The SMILES string of the molecule is CC(C)c1nc(CCNC(=O)C2(C)CCOc3ccccc32)cs1. The number of amides is 1. The van der Waals surface area contributed by atoms with Crippen LogP contribution in [0.15, 0.2) is 29.6 Å². The molecule has 1 N–H and O–H groups in total. The minimum atomic E-state index is -0.528. The fourth-order valence-corrected chi connectivity index (χ4v) is 3.86. The van der Waals surface area contributed by atoms with E-state index in [2.05, 4.69) is 29.5 Å². The number of rotatable bonds is 5. The number of ether oxygens (including phenoxy) is 1. The topological polar surface area (TPSA) is 51.2 Å². The van der Waals surface area contributed by atoms with Crippen molar-refractivity contribution in [1.82, 2.24) is 10.3 Å². The number of nitrogens with one attached hydrogen (secondary N) is 1. The van der Waals surface area contributed by atoms with Crippen LogP contribution < -0.4 is 10.1 Å². The molecule has 1 aromatic heterocycles. The van der Waals surface area contributed by atoms with Crippen molar-refractivity contribution in [3.63, 3.8) is 0 Å². The fourth-order valence-electron chi connectivity index (χ4n) is 2.99. The van der Waals surface area contributed by atoms with Crippen LogP contribution in [-0.4, -0.2) is 24.0 Å². The molecule has 0 aliphatic carbocycles. The first kappa shape index (κ1) is 17.0. The van der Waals surface area contributed by atoms with Gasteiger partial charge in [-0.1, -0.05) is 32.0 Å². The molecule has 5 heteroatoms. The maximum atomic E-state index is 12.8. The molecule has 0 fully saturated rings. The Morgan fingerprint density at radius 1 is 1.42 bits per heavy atom. The molecule has 2 aromatic rings. The molecule has 0 saturated heterocycles. The van der Waals surface area contributed by atoms with Crippen LogP contribution in [0.1, 0.15) is 49.4 Å². The van der Waals surface area contributed by atoms with Crippen LogP contribution in [0.2, 0.25) is 0 Å². The summed E-state index contributed by atoms with van der Waals surface area (Å²) in [5, 5.41) is 6.34. The van der Waals surface area contributed by atoms with Crippen molar-refractivity contribution in [1.29, 1.82) is 0 Å². The average molecular weight is 344 g/mol. The lowest BCUT2D eigenvalue weighted by Crippen LogP contribution is -2.45. The van der Waals surface area contributed by atoms with Crippen LogP contribution in [-0.2, 0) is 16.6 Å². The molecule has 0 spiro atoms. The van der Waals surface area contributed by atoms with Gasteiger partial charge in [-0.15, -0.1) is 11.3 Å². The van der Waals surface area contributed by atoms with E-state index in [1.807, 2.05) is 31.2 Å². The molecule has 1 atom stereocenters. The lowest BCUT2D eigenvalue weighted by atomic mass is 9.77. The summed E-state index contributed by atoms with van der Waals surface area (Å²) in [7, 11) is 0. The van der Waals surface area contributed by atoms with Crippen LogP contribution in [0.3, 0.4) is 0 Å². The van der Waals surface area contributed by atoms with Crippen LogP contribution >= 0.6 is 11.3 Å². The number of hydrogen-bond acceptors (Lipinski definition) is 4. The van der Waals surface area contributed by atoms with E-state index in [4.69, 9.17) is 4.74 Å². The van der Waals surface area contributed by atoms with Gasteiger partial charge in [0.25, 0.3) is 0 Å². The second-order valence-electron chi connectivity index (χ2n) is 6.76. The Hall–Kier alpha value is -1.88. The standard InChI is InChI=1S/C19H24N2O2S/c1-13(2)17-21-14(12-24-17)8-10-20-18(22)19(3)9-11-23-16-7-5-4-6-15(16)19/h4-7,12-13H,8-11H2,1-3H3,(H,20,22). The molecule has 1 aromatic carbocycles. The van der Waals surface area contributed by atoms with E-state index in [0.29, 0.717) is 25.5 Å². The quantitative estimate of drug-likeness (QED) is 0.900. The third-order valence-electron chi connectivity index (χ3n) is 4.57. The maximum absolute atomic E-state index is 12.8. The lowest BCUT2D eigenvalue weighted by Gasteiger charge is -2.34. The number of para-hydroxylation sites is 1. The van der Waals surface area contributed by atoms with Gasteiger partial charge in [0.15, 0.2) is 0 Å². The first-order valence-corrected chi connectivity index (χ1v) is 9.33. The highest BCUT2D eigenvalue weighted by molar-refractivity contribution is 7.09. The number of nitrogens with zero attached hydrogens (tertiary/aromatic N) is 1. The van der Waals surface area contributed by atoms with E-state index in [-0.39, 0.29) is 5.91 Å². The summed E-state index contributed by atoms with van der Waals surface area (Å²) in [4.78, 5) is 17.4. The average Bonchev–Trinajstić information content (AvgIpc) is 3.04. The molecule has 0 bridgehead atoms. The molecule has 1 amide bonds. The lowest BCUT2D eigenvalue weighted by molar-refractivity contribution is -0.127. The Morgan fingerprint density at radius 2 is 2.21 bits per heavy atom. The highest BCUT2D eigenvalue weighted by atomic mass is 32.1. The molecule has 1 aliphatic rings. The fraction of sp³-hybridized carbons (Fsp3) is 0.474. The van der Waals surface area contributed by atoms with Gasteiger partial charge in [0.05, 0.1) is 22.7 Å². The van der Waals surface area contributed by atoms with Crippen molar-refractivity contribution < 1.29 is 9.53 Å². The van der Waals surface area contributed by atoms with Gasteiger partial charge in [0, 0.05) is 29.8 Å². The molecular weight excluding hydrogens is 320 g/mol. The zero-order chi connectivity index (χ0) is 17.2. The Bertz CT molecular complexity index is 726. The van der Waals surface area contributed by atoms with Crippen molar-refractivity contribution in [3.05, 3.63) is 45.9 Å². The summed E-state index contributed by atoms with van der Waals surface area (Å²) in [5.41, 5.74) is 1.51. The van der Waals surface area contributed by atoms with Crippen molar-refractivity contribution in [3.8, 4) is 5.75 Å². The number of carbonyl (C=O) groups excluding carboxylic acids is 1. The number of fused-ring (bicyclic) bond motifs is 1. The van der Waals surface area contributed by atoms with Gasteiger partial charge >= 0.3 is 0 Å². The van der Waals surface area contributed by atoms with Crippen molar-refractivity contribution in [2.45, 2.75) is 44.9 Å². The van der Waals surface area contributed by atoms with E-state index in [9.17, 15) is 4.79 Å². The highest BCUT2D eigenvalue weighted by Crippen LogP contribution is 2.38. The van der Waals surface area contributed by atoms with Gasteiger partial charge in [-0.3, -0.25) is 4.79 Å². The van der Waals surface area contributed by atoms with Crippen molar-refractivity contribution in [2.24, 2.45) is 0 Å². The smallest absolute Gasteiger partial charge is 0.230 e. The Labute approximate surface area is 147 Å². The monoisotopic (exact) mass is 344 g/mol. The van der Waals surface area contributed by atoms with Gasteiger partial charge in [0.2, 0.25) is 5.91 Å². The minimum absolute atomic E-state index is 0.0672. The van der Waals surface area contributed by atoms with Crippen molar-refractivity contribution >= 4 is 17.2 Å². The summed E-state index contributed by atoms with van der Waals surface area (Å²) in [6.07, 6.45) is 1.47. The van der Waals surface area contributed by atoms with E-state index in [1.54, 1.807) is 11.3 Å². The first-order chi connectivity index (χ1) is 11.5. The maximum Gasteiger partial charge on any atom is 0.230 e. The van der Waals surface area contributed by atoms with Crippen LogP contribution in [0, 0.1) is 0 Å². The normalized spacial score (nSPS) is 19.7. The molecule has 3 rings (SSSR count). The zero-order valence-electron chi connectivity index (χ0n) is 14.5. The molecule has 128 valence electrons. The molecule has 24 heavy (non-hydrogen) atoms. The van der Waals surface area contributed by atoms with Crippen LogP contribution in [0.4, 0.5) is 0 Å². The van der Waals surface area contributed by atoms with Gasteiger partial charge in [-0.05, 0) is 19.4 Å². The summed E-state index contributed by atoms with van der Waals surface area (Å²) in [6.45, 7) is 7.48. The summed E-state index contributed by atoms with van der Waals surface area (Å²) >= 11 is 1.69. The summed E-state index contributed by atoms with van der Waals surface area (Å²) in [5.74, 6) is 1.34. The van der Waals surface area contributed by atoms with Gasteiger partial charge < -0.3 is 10.1 Å². The first-order valence-electron chi connectivity index (χ1n) is 8.45. The third-order valence-corrected chi connectivity index (χ3v) is 5.77. The van der Waals surface area contributed by atoms with E-state index in [0.717, 1.165) is 28.4 Å². The minimum Gasteiger partial charge on any atom is -0.493 e. The number of aromatic nitrogens is 1. The second-order valence-corrected chi connectivity index (χ2v) is 7.65. The molecule has 0 saturated carbocycles. The Kier molecular flexibility index (Phi) is 4.90. The van der Waals surface area contributed by atoms with Crippen LogP contribution in [0.5, 0.6) is 5.75 Å². The molecule has 2 heterocycles. The number of benzene rings is 1. The summed E-state index contributed by atoms with van der Waals surface area (Å²) < 4.78 is 5.68. The second kappa shape index (κ2) is 6.93. The Balaban J connectivity index is 1.63. The molecule has 1 unspecified atom stereocenters. The number of thiazole rings is 1. The number of hydrogen-bond donors (Lipinski definition) is 1. The van der Waals surface area contributed by atoms with E-state index in [1.165, 1.54) is 0 Å².